The van der Waals surface area contributed by atoms with Crippen molar-refractivity contribution in [2.75, 3.05) is 7.05 Å². The number of hydrogen-bond acceptors (Lipinski definition) is 3. The van der Waals surface area contributed by atoms with Crippen molar-refractivity contribution in [3.05, 3.63) is 52.9 Å². The zero-order valence-electron chi connectivity index (χ0n) is 11.4. The van der Waals surface area contributed by atoms with E-state index in [4.69, 9.17) is 4.52 Å². The summed E-state index contributed by atoms with van der Waals surface area (Å²) in [6.45, 7) is 1.46. The van der Waals surface area contributed by atoms with Gasteiger partial charge < -0.3 is 9.42 Å². The number of rotatable bonds is 3. The van der Waals surface area contributed by atoms with Gasteiger partial charge in [-0.3, -0.25) is 4.79 Å². The van der Waals surface area contributed by atoms with Crippen LogP contribution >= 0.6 is 0 Å². The molecule has 0 radical (unpaired) electrons. The summed E-state index contributed by atoms with van der Waals surface area (Å²) < 4.78 is 43.5. The number of amides is 1. The van der Waals surface area contributed by atoms with Crippen LogP contribution in [-0.2, 0) is 12.7 Å². The Balaban J connectivity index is 2.20. The third-order valence-electron chi connectivity index (χ3n) is 2.92. The number of hydrogen-bond donors (Lipinski definition) is 0. The van der Waals surface area contributed by atoms with Gasteiger partial charge in [-0.15, -0.1) is 0 Å². The van der Waals surface area contributed by atoms with Gasteiger partial charge in [-0.25, -0.2) is 0 Å². The highest BCUT2D eigenvalue weighted by molar-refractivity contribution is 5.92. The number of benzene rings is 1. The molecule has 0 unspecified atom stereocenters. The number of nitrogens with zero attached hydrogens (tertiary/aromatic N) is 2. The van der Waals surface area contributed by atoms with E-state index in [0.29, 0.717) is 5.76 Å². The summed E-state index contributed by atoms with van der Waals surface area (Å²) in [6, 6.07) is 6.60. The Kier molecular flexibility index (Phi) is 4.02. The first-order valence-corrected chi connectivity index (χ1v) is 6.13. The van der Waals surface area contributed by atoms with Crippen molar-refractivity contribution in [2.24, 2.45) is 0 Å². The largest absolute Gasteiger partial charge is 0.416 e. The molecule has 0 atom stereocenters. The monoisotopic (exact) mass is 298 g/mol. The van der Waals surface area contributed by atoms with E-state index in [-0.39, 0.29) is 17.8 Å². The molecule has 7 heteroatoms. The predicted octanol–water partition coefficient (Wildman–Crippen LogP) is 3.27. The first kappa shape index (κ1) is 15.1. The van der Waals surface area contributed by atoms with E-state index in [1.807, 2.05) is 0 Å². The van der Waals surface area contributed by atoms with Crippen molar-refractivity contribution < 1.29 is 22.5 Å². The number of alkyl halides is 3. The van der Waals surface area contributed by atoms with Crippen molar-refractivity contribution in [3.8, 4) is 0 Å². The summed E-state index contributed by atoms with van der Waals surface area (Å²) in [5, 5.41) is 3.56. The standard InChI is InChI=1S/C14H13F3N2O2/c1-9-7-12(18-21-9)13(20)19(2)8-10-5-3-4-6-11(10)14(15,16)17/h3-7H,8H2,1-2H3. The third kappa shape index (κ3) is 3.42. The number of aryl methyl sites for hydroxylation is 1. The zero-order valence-corrected chi connectivity index (χ0v) is 11.4. The molecule has 1 aromatic carbocycles. The number of carbonyl (C=O) groups excluding carboxylic acids is 1. The summed E-state index contributed by atoms with van der Waals surface area (Å²) in [7, 11) is 1.42. The predicted molar refractivity (Wildman–Crippen MR) is 68.5 cm³/mol. The molecule has 0 fully saturated rings. The molecule has 0 N–H and O–H groups in total. The van der Waals surface area contributed by atoms with E-state index in [0.717, 1.165) is 6.07 Å². The quantitative estimate of drug-likeness (QED) is 0.873. The summed E-state index contributed by atoms with van der Waals surface area (Å²) in [5.74, 6) is -0.0359. The molecule has 1 heterocycles. The Bertz CT molecular complexity index is 650. The van der Waals surface area contributed by atoms with Crippen LogP contribution in [0.1, 0.15) is 27.4 Å². The second-order valence-electron chi connectivity index (χ2n) is 4.64. The zero-order chi connectivity index (χ0) is 15.6. The fourth-order valence-electron chi connectivity index (χ4n) is 1.92. The molecule has 21 heavy (non-hydrogen) atoms. The molecule has 0 aliphatic heterocycles. The van der Waals surface area contributed by atoms with Crippen molar-refractivity contribution in [1.82, 2.24) is 10.1 Å². The van der Waals surface area contributed by atoms with Crippen LogP contribution in [0.5, 0.6) is 0 Å². The molecule has 2 aromatic rings. The van der Waals surface area contributed by atoms with Crippen LogP contribution in [0, 0.1) is 6.92 Å². The molecule has 1 aromatic heterocycles. The van der Waals surface area contributed by atoms with Gasteiger partial charge in [0.1, 0.15) is 5.76 Å². The van der Waals surface area contributed by atoms with Crippen LogP contribution in [0.3, 0.4) is 0 Å². The van der Waals surface area contributed by atoms with Gasteiger partial charge in [-0.05, 0) is 18.6 Å². The lowest BCUT2D eigenvalue weighted by Gasteiger charge is -2.19. The van der Waals surface area contributed by atoms with Gasteiger partial charge in [0.25, 0.3) is 5.91 Å². The molecule has 0 saturated carbocycles. The molecule has 0 spiro atoms. The van der Waals surface area contributed by atoms with Gasteiger partial charge in [0.15, 0.2) is 5.69 Å². The van der Waals surface area contributed by atoms with Gasteiger partial charge >= 0.3 is 6.18 Å². The maximum atomic E-state index is 12.9. The van der Waals surface area contributed by atoms with Crippen molar-refractivity contribution in [2.45, 2.75) is 19.6 Å². The van der Waals surface area contributed by atoms with E-state index >= 15 is 0 Å². The minimum atomic E-state index is -4.45. The highest BCUT2D eigenvalue weighted by atomic mass is 19.4. The van der Waals surface area contributed by atoms with Gasteiger partial charge in [-0.2, -0.15) is 13.2 Å². The van der Waals surface area contributed by atoms with Crippen LogP contribution in [-0.4, -0.2) is 23.0 Å². The van der Waals surface area contributed by atoms with Crippen LogP contribution in [0.25, 0.3) is 0 Å². The van der Waals surface area contributed by atoms with Crippen LogP contribution in [0.15, 0.2) is 34.9 Å². The molecular formula is C14H13F3N2O2. The number of aromatic nitrogens is 1. The lowest BCUT2D eigenvalue weighted by molar-refractivity contribution is -0.138. The smallest absolute Gasteiger partial charge is 0.361 e. The molecule has 112 valence electrons. The highest BCUT2D eigenvalue weighted by Gasteiger charge is 2.33. The summed E-state index contributed by atoms with van der Waals surface area (Å²) in [4.78, 5) is 13.2. The lowest BCUT2D eigenvalue weighted by atomic mass is 10.1. The maximum absolute atomic E-state index is 12.9. The minimum Gasteiger partial charge on any atom is -0.361 e. The van der Waals surface area contributed by atoms with E-state index < -0.39 is 17.6 Å². The first-order chi connectivity index (χ1) is 9.79. The van der Waals surface area contributed by atoms with Gasteiger partial charge in [0.2, 0.25) is 0 Å². The Morgan fingerprint density at radius 1 is 1.33 bits per heavy atom. The number of carbonyl (C=O) groups is 1. The Labute approximate surface area is 119 Å². The van der Waals surface area contributed by atoms with E-state index in [9.17, 15) is 18.0 Å². The fourth-order valence-corrected chi connectivity index (χ4v) is 1.92. The second kappa shape index (κ2) is 5.59. The van der Waals surface area contributed by atoms with Crippen molar-refractivity contribution in [1.29, 1.82) is 0 Å². The topological polar surface area (TPSA) is 46.3 Å². The van der Waals surface area contributed by atoms with Crippen LogP contribution < -0.4 is 0 Å². The van der Waals surface area contributed by atoms with Crippen LogP contribution in [0.4, 0.5) is 13.2 Å². The van der Waals surface area contributed by atoms with Crippen molar-refractivity contribution >= 4 is 5.91 Å². The van der Waals surface area contributed by atoms with Gasteiger partial charge in [0, 0.05) is 19.7 Å². The Morgan fingerprint density at radius 2 is 2.00 bits per heavy atom. The molecule has 4 nitrogen and oxygen atoms in total. The van der Waals surface area contributed by atoms with Crippen LogP contribution in [0.2, 0.25) is 0 Å². The molecule has 1 amide bonds. The van der Waals surface area contributed by atoms with E-state index in [1.54, 1.807) is 6.92 Å². The third-order valence-corrected chi connectivity index (χ3v) is 2.92. The molecule has 0 aliphatic carbocycles. The molecule has 0 saturated heterocycles. The van der Waals surface area contributed by atoms with Gasteiger partial charge in [0.05, 0.1) is 5.56 Å². The highest BCUT2D eigenvalue weighted by Crippen LogP contribution is 2.32. The van der Waals surface area contributed by atoms with Crippen molar-refractivity contribution in [3.63, 3.8) is 0 Å². The van der Waals surface area contributed by atoms with E-state index in [2.05, 4.69) is 5.16 Å². The average Bonchev–Trinajstić information content (AvgIpc) is 2.84. The summed E-state index contributed by atoms with van der Waals surface area (Å²) in [5.41, 5.74) is -0.651. The lowest BCUT2D eigenvalue weighted by Crippen LogP contribution is -2.27. The average molecular weight is 298 g/mol. The maximum Gasteiger partial charge on any atom is 0.416 e. The molecule has 2 rings (SSSR count). The van der Waals surface area contributed by atoms with E-state index in [1.165, 1.54) is 36.2 Å². The fraction of sp³-hybridized carbons (Fsp3) is 0.286. The number of halogens is 3. The normalized spacial score (nSPS) is 11.5. The summed E-state index contributed by atoms with van der Waals surface area (Å²) in [6.07, 6.45) is -4.45. The molecule has 0 bridgehead atoms. The Morgan fingerprint density at radius 3 is 2.57 bits per heavy atom. The molecular weight excluding hydrogens is 285 g/mol. The van der Waals surface area contributed by atoms with Gasteiger partial charge in [-0.1, -0.05) is 23.4 Å². The minimum absolute atomic E-state index is 0.0288. The first-order valence-electron chi connectivity index (χ1n) is 6.13. The second-order valence-corrected chi connectivity index (χ2v) is 4.64. The Hall–Kier alpha value is -2.31. The molecule has 0 aliphatic rings. The summed E-state index contributed by atoms with van der Waals surface area (Å²) >= 11 is 0. The SMILES string of the molecule is Cc1cc(C(=O)N(C)Cc2ccccc2C(F)(F)F)no1.